The topological polar surface area (TPSA) is 42.9 Å². The van der Waals surface area contributed by atoms with Gasteiger partial charge < -0.3 is 0 Å². The number of carbonyl (C=O) groups excluding carboxylic acids is 1. The van der Waals surface area contributed by atoms with Gasteiger partial charge in [-0.3, -0.25) is 4.79 Å². The average molecular weight is 273 g/mol. The highest BCUT2D eigenvalue weighted by Crippen LogP contribution is 2.24. The van der Waals surface area contributed by atoms with Crippen molar-refractivity contribution in [1.82, 2.24) is 9.59 Å². The van der Waals surface area contributed by atoms with Gasteiger partial charge in [-0.05, 0) is 36.7 Å². The van der Waals surface area contributed by atoms with Crippen LogP contribution < -0.4 is 0 Å². The number of hydrogen-bond donors (Lipinski definition) is 0. The average Bonchev–Trinajstić information content (AvgIpc) is 2.67. The van der Waals surface area contributed by atoms with Gasteiger partial charge in [0.2, 0.25) is 5.78 Å². The van der Waals surface area contributed by atoms with Crippen molar-refractivity contribution in [2.75, 3.05) is 0 Å². The largest absolute Gasteiger partial charge is 0.288 e. The molecular weight excluding hydrogens is 267 g/mol. The molecule has 1 heterocycles. The van der Waals surface area contributed by atoms with Crippen molar-refractivity contribution in [3.63, 3.8) is 0 Å². The third kappa shape index (κ3) is 2.09. The van der Waals surface area contributed by atoms with E-state index in [1.54, 1.807) is 25.1 Å². The number of hydrogen-bond acceptors (Lipinski definition) is 4. The molecule has 0 atom stereocenters. The molecule has 0 saturated heterocycles. The van der Waals surface area contributed by atoms with Crippen LogP contribution in [-0.2, 0) is 0 Å². The van der Waals surface area contributed by atoms with Gasteiger partial charge in [-0.2, -0.15) is 0 Å². The van der Waals surface area contributed by atoms with Crippen molar-refractivity contribution in [1.29, 1.82) is 0 Å². The van der Waals surface area contributed by atoms with Gasteiger partial charge >= 0.3 is 0 Å². The fourth-order valence-electron chi connectivity index (χ4n) is 1.21. The highest BCUT2D eigenvalue weighted by atomic mass is 35.5. The van der Waals surface area contributed by atoms with Gasteiger partial charge in [0.25, 0.3) is 0 Å². The minimum Gasteiger partial charge on any atom is -0.288 e. The Morgan fingerprint density at radius 3 is 2.62 bits per heavy atom. The molecule has 0 aliphatic carbocycles. The second-order valence-electron chi connectivity index (χ2n) is 3.15. The third-order valence-electron chi connectivity index (χ3n) is 2.04. The van der Waals surface area contributed by atoms with Crippen LogP contribution in [-0.4, -0.2) is 15.4 Å². The molecule has 0 aliphatic heterocycles. The third-order valence-corrected chi connectivity index (χ3v) is 3.61. The van der Waals surface area contributed by atoms with Crippen LogP contribution >= 0.6 is 34.7 Å². The van der Waals surface area contributed by atoms with Gasteiger partial charge in [0.1, 0.15) is 4.88 Å². The lowest BCUT2D eigenvalue weighted by Gasteiger charge is -2.00. The number of ketones is 1. The van der Waals surface area contributed by atoms with E-state index in [2.05, 4.69) is 9.59 Å². The van der Waals surface area contributed by atoms with E-state index in [4.69, 9.17) is 23.2 Å². The van der Waals surface area contributed by atoms with Gasteiger partial charge in [-0.1, -0.05) is 27.7 Å². The second kappa shape index (κ2) is 4.49. The Balaban J connectivity index is 2.42. The van der Waals surface area contributed by atoms with Crippen molar-refractivity contribution in [3.05, 3.63) is 44.4 Å². The van der Waals surface area contributed by atoms with Crippen LogP contribution in [0.15, 0.2) is 18.2 Å². The Labute approximate surface area is 106 Å². The zero-order valence-electron chi connectivity index (χ0n) is 8.20. The Morgan fingerprint density at radius 2 is 2.06 bits per heavy atom. The maximum Gasteiger partial charge on any atom is 0.206 e. The van der Waals surface area contributed by atoms with Crippen LogP contribution in [0.2, 0.25) is 10.0 Å². The monoisotopic (exact) mass is 272 g/mol. The van der Waals surface area contributed by atoms with E-state index in [0.717, 1.165) is 11.5 Å². The summed E-state index contributed by atoms with van der Waals surface area (Å²) in [7, 11) is 0. The van der Waals surface area contributed by atoms with Gasteiger partial charge in [0, 0.05) is 5.56 Å². The lowest BCUT2D eigenvalue weighted by atomic mass is 10.1. The smallest absolute Gasteiger partial charge is 0.206 e. The molecule has 3 nitrogen and oxygen atoms in total. The molecule has 6 heteroatoms. The molecule has 0 N–H and O–H groups in total. The molecule has 2 aromatic rings. The summed E-state index contributed by atoms with van der Waals surface area (Å²) in [5.41, 5.74) is 1.12. The van der Waals surface area contributed by atoms with Crippen LogP contribution in [0.3, 0.4) is 0 Å². The summed E-state index contributed by atoms with van der Waals surface area (Å²) in [6.07, 6.45) is 0. The molecule has 0 spiro atoms. The first-order valence-electron chi connectivity index (χ1n) is 4.38. The molecule has 0 aliphatic rings. The minimum atomic E-state index is -0.133. The maximum absolute atomic E-state index is 12.0. The van der Waals surface area contributed by atoms with E-state index in [1.165, 1.54) is 0 Å². The first-order valence-corrected chi connectivity index (χ1v) is 5.91. The summed E-state index contributed by atoms with van der Waals surface area (Å²) in [5, 5.41) is 4.58. The zero-order chi connectivity index (χ0) is 11.7. The minimum absolute atomic E-state index is 0.133. The summed E-state index contributed by atoms with van der Waals surface area (Å²) < 4.78 is 3.72. The van der Waals surface area contributed by atoms with Crippen molar-refractivity contribution >= 4 is 40.5 Å². The lowest BCUT2D eigenvalue weighted by molar-refractivity contribution is 0.104. The summed E-state index contributed by atoms with van der Waals surface area (Å²) in [6.45, 7) is 1.74. The van der Waals surface area contributed by atoms with Crippen molar-refractivity contribution < 1.29 is 4.79 Å². The first-order chi connectivity index (χ1) is 7.59. The van der Waals surface area contributed by atoms with Gasteiger partial charge in [0.15, 0.2) is 0 Å². The SMILES string of the molecule is Cc1nnsc1C(=O)c1ccc(Cl)c(Cl)c1. The Bertz CT molecular complexity index is 554. The highest BCUT2D eigenvalue weighted by molar-refractivity contribution is 7.08. The Morgan fingerprint density at radius 1 is 1.31 bits per heavy atom. The van der Waals surface area contributed by atoms with Crippen LogP contribution in [0.1, 0.15) is 20.9 Å². The van der Waals surface area contributed by atoms with Gasteiger partial charge in [-0.25, -0.2) is 0 Å². The fourth-order valence-corrected chi connectivity index (χ4v) is 2.12. The number of aryl methyl sites for hydroxylation is 1. The van der Waals surface area contributed by atoms with Crippen molar-refractivity contribution in [2.24, 2.45) is 0 Å². The van der Waals surface area contributed by atoms with E-state index >= 15 is 0 Å². The standard InChI is InChI=1S/C10H6Cl2N2OS/c1-5-10(16-14-13-5)9(15)6-2-3-7(11)8(12)4-6/h2-4H,1H3. The van der Waals surface area contributed by atoms with E-state index in [0.29, 0.717) is 26.2 Å². The quantitative estimate of drug-likeness (QED) is 0.788. The summed E-state index contributed by atoms with van der Waals surface area (Å²) in [5.74, 6) is -0.133. The molecule has 0 bridgehead atoms. The molecule has 0 saturated carbocycles. The van der Waals surface area contributed by atoms with Crippen LogP contribution in [0.4, 0.5) is 0 Å². The van der Waals surface area contributed by atoms with E-state index in [9.17, 15) is 4.79 Å². The molecular formula is C10H6Cl2N2OS. The fraction of sp³-hybridized carbons (Fsp3) is 0.100. The summed E-state index contributed by atoms with van der Waals surface area (Å²) >= 11 is 12.7. The normalized spacial score (nSPS) is 10.4. The zero-order valence-corrected chi connectivity index (χ0v) is 10.5. The van der Waals surface area contributed by atoms with Gasteiger partial charge in [-0.15, -0.1) is 5.10 Å². The molecule has 1 aromatic heterocycles. The van der Waals surface area contributed by atoms with Crippen LogP contribution in [0.25, 0.3) is 0 Å². The Hall–Kier alpha value is -0.970. The molecule has 1 aromatic carbocycles. The lowest BCUT2D eigenvalue weighted by Crippen LogP contribution is -2.00. The number of nitrogens with zero attached hydrogens (tertiary/aromatic N) is 2. The number of carbonyl (C=O) groups is 1. The predicted molar refractivity (Wildman–Crippen MR) is 64.5 cm³/mol. The number of benzene rings is 1. The van der Waals surface area contributed by atoms with E-state index in [-0.39, 0.29) is 5.78 Å². The van der Waals surface area contributed by atoms with Crippen LogP contribution in [0, 0.1) is 6.92 Å². The summed E-state index contributed by atoms with van der Waals surface area (Å²) in [4.78, 5) is 12.5. The van der Waals surface area contributed by atoms with E-state index < -0.39 is 0 Å². The van der Waals surface area contributed by atoms with Gasteiger partial charge in [0.05, 0.1) is 15.7 Å². The highest BCUT2D eigenvalue weighted by Gasteiger charge is 2.16. The van der Waals surface area contributed by atoms with E-state index in [1.807, 2.05) is 0 Å². The molecule has 2 rings (SSSR count). The number of halogens is 2. The first kappa shape index (κ1) is 11.5. The number of aromatic nitrogens is 2. The molecule has 16 heavy (non-hydrogen) atoms. The molecule has 0 unspecified atom stereocenters. The second-order valence-corrected chi connectivity index (χ2v) is 4.71. The molecule has 0 radical (unpaired) electrons. The Kier molecular flexibility index (Phi) is 3.23. The van der Waals surface area contributed by atoms with Crippen molar-refractivity contribution in [3.8, 4) is 0 Å². The predicted octanol–water partition coefficient (Wildman–Crippen LogP) is 3.38. The molecule has 0 amide bonds. The summed E-state index contributed by atoms with van der Waals surface area (Å²) in [6, 6.07) is 4.78. The number of rotatable bonds is 2. The maximum atomic E-state index is 12.0. The van der Waals surface area contributed by atoms with Crippen LogP contribution in [0.5, 0.6) is 0 Å². The molecule has 0 fully saturated rings. The van der Waals surface area contributed by atoms with Crippen molar-refractivity contribution in [2.45, 2.75) is 6.92 Å². The molecule has 82 valence electrons.